The van der Waals surface area contributed by atoms with Crippen LogP contribution in [-0.4, -0.2) is 51.8 Å². The summed E-state index contributed by atoms with van der Waals surface area (Å²) in [6.07, 6.45) is 4.27. The van der Waals surface area contributed by atoms with Crippen LogP contribution in [0.2, 0.25) is 0 Å². The normalized spacial score (nSPS) is 17.9. The van der Waals surface area contributed by atoms with E-state index in [1.807, 2.05) is 19.1 Å². The van der Waals surface area contributed by atoms with Crippen LogP contribution in [-0.2, 0) is 5.60 Å². The number of aryl methyl sites for hydroxylation is 1. The predicted molar refractivity (Wildman–Crippen MR) is 106 cm³/mol. The van der Waals surface area contributed by atoms with Gasteiger partial charge in [-0.2, -0.15) is 0 Å². The molecule has 6 heteroatoms. The highest BCUT2D eigenvalue weighted by Gasteiger charge is 2.34. The lowest BCUT2D eigenvalue weighted by Crippen LogP contribution is -2.43. The molecule has 1 unspecified atom stereocenters. The second-order valence-electron chi connectivity index (χ2n) is 7.51. The van der Waals surface area contributed by atoms with Gasteiger partial charge in [0.1, 0.15) is 5.75 Å². The average molecular weight is 384 g/mol. The number of Topliss-reactive ketones (excluding diaryl/α,β-unsaturated/α-hetero) is 1. The maximum atomic E-state index is 11.5. The van der Waals surface area contributed by atoms with Gasteiger partial charge < -0.3 is 19.8 Å². The Labute approximate surface area is 165 Å². The number of aliphatic hydroxyl groups is 2. The number of benzene rings is 1. The summed E-state index contributed by atoms with van der Waals surface area (Å²) >= 11 is 0. The third-order valence-electron chi connectivity index (χ3n) is 5.42. The summed E-state index contributed by atoms with van der Waals surface area (Å²) in [5.41, 5.74) is 1.54. The minimum Gasteiger partial charge on any atom is -0.465 e. The van der Waals surface area contributed by atoms with E-state index in [4.69, 9.17) is 4.74 Å². The Morgan fingerprint density at radius 2 is 2.07 bits per heavy atom. The molecule has 1 atom stereocenters. The van der Waals surface area contributed by atoms with Gasteiger partial charge in [-0.05, 0) is 56.5 Å². The van der Waals surface area contributed by atoms with Crippen molar-refractivity contribution < 1.29 is 19.7 Å². The topological polar surface area (TPSA) is 82.9 Å². The van der Waals surface area contributed by atoms with E-state index in [9.17, 15) is 15.0 Å². The number of ketones is 1. The van der Waals surface area contributed by atoms with Gasteiger partial charge in [0.15, 0.2) is 12.1 Å². The van der Waals surface area contributed by atoms with E-state index in [-0.39, 0.29) is 5.78 Å². The third-order valence-corrected chi connectivity index (χ3v) is 5.42. The molecule has 1 aromatic heterocycles. The van der Waals surface area contributed by atoms with Crippen molar-refractivity contribution in [3.63, 3.8) is 0 Å². The van der Waals surface area contributed by atoms with E-state index >= 15 is 0 Å². The lowest BCUT2D eigenvalue weighted by molar-refractivity contribution is -0.0477. The molecule has 1 aliphatic rings. The van der Waals surface area contributed by atoms with Gasteiger partial charge in [-0.15, -0.1) is 0 Å². The number of pyridine rings is 1. The molecule has 0 saturated carbocycles. The van der Waals surface area contributed by atoms with Crippen LogP contribution in [0.25, 0.3) is 0 Å². The molecule has 2 aromatic rings. The monoisotopic (exact) mass is 384 g/mol. The molecule has 6 nitrogen and oxygen atoms in total. The van der Waals surface area contributed by atoms with Gasteiger partial charge in [-0.25, -0.2) is 0 Å². The molecule has 3 rings (SSSR count). The number of hydrogen-bond donors (Lipinski definition) is 2. The zero-order valence-electron chi connectivity index (χ0n) is 16.5. The summed E-state index contributed by atoms with van der Waals surface area (Å²) in [7, 11) is 0. The fourth-order valence-electron chi connectivity index (χ4n) is 3.69. The Balaban J connectivity index is 1.46. The first-order chi connectivity index (χ1) is 13.4. The van der Waals surface area contributed by atoms with Gasteiger partial charge in [0.25, 0.3) is 0 Å². The second kappa shape index (κ2) is 8.82. The number of carbonyl (C=O) groups excluding carboxylic acids is 1. The molecule has 1 fully saturated rings. The summed E-state index contributed by atoms with van der Waals surface area (Å²) in [4.78, 5) is 17.8. The highest BCUT2D eigenvalue weighted by atomic mass is 16.6. The minimum absolute atomic E-state index is 0.0148. The Morgan fingerprint density at radius 3 is 2.68 bits per heavy atom. The van der Waals surface area contributed by atoms with Crippen LogP contribution in [0.15, 0.2) is 42.7 Å². The largest absolute Gasteiger partial charge is 0.465 e. The fourth-order valence-corrected chi connectivity index (χ4v) is 3.69. The van der Waals surface area contributed by atoms with Crippen LogP contribution in [0.3, 0.4) is 0 Å². The smallest absolute Gasteiger partial charge is 0.198 e. The average Bonchev–Trinajstić information content (AvgIpc) is 2.68. The van der Waals surface area contributed by atoms with Gasteiger partial charge in [-0.1, -0.05) is 6.07 Å². The van der Waals surface area contributed by atoms with Gasteiger partial charge in [0.05, 0.1) is 5.60 Å². The highest BCUT2D eigenvalue weighted by Crippen LogP contribution is 2.32. The van der Waals surface area contributed by atoms with Crippen molar-refractivity contribution in [3.05, 3.63) is 59.4 Å². The summed E-state index contributed by atoms with van der Waals surface area (Å²) in [5.74, 6) is 0.570. The van der Waals surface area contributed by atoms with Crippen molar-refractivity contribution in [2.45, 2.75) is 45.0 Å². The van der Waals surface area contributed by atoms with Crippen LogP contribution in [0.4, 0.5) is 0 Å². The number of hydrogen-bond acceptors (Lipinski definition) is 6. The molecule has 0 amide bonds. The van der Waals surface area contributed by atoms with Crippen LogP contribution >= 0.6 is 0 Å². The van der Waals surface area contributed by atoms with Crippen LogP contribution in [0.1, 0.15) is 47.7 Å². The molecule has 0 bridgehead atoms. The van der Waals surface area contributed by atoms with E-state index in [1.165, 1.54) is 6.92 Å². The zero-order valence-corrected chi connectivity index (χ0v) is 16.5. The third kappa shape index (κ3) is 4.95. The summed E-state index contributed by atoms with van der Waals surface area (Å²) in [6, 6.07) is 8.97. The number of carbonyl (C=O) groups is 1. The minimum atomic E-state index is -0.915. The number of rotatable bonds is 7. The van der Waals surface area contributed by atoms with E-state index in [0.717, 1.165) is 24.2 Å². The Bertz CT molecular complexity index is 801. The molecule has 150 valence electrons. The first-order valence-corrected chi connectivity index (χ1v) is 9.69. The molecule has 1 aromatic carbocycles. The summed E-state index contributed by atoms with van der Waals surface area (Å²) in [5, 5.41) is 21.1. The first kappa shape index (κ1) is 20.5. The maximum Gasteiger partial charge on any atom is 0.198 e. The van der Waals surface area contributed by atoms with Gasteiger partial charge in [-0.3, -0.25) is 9.78 Å². The number of piperidine rings is 1. The standard InChI is InChI=1S/C22H28N2O4/c1-16-14-19(5-6-20(16)17(2)25)28-21(26)7-11-24-12-8-22(27,9-13-24)18-4-3-10-23-15-18/h3-6,10,14-15,21,26-27H,7-9,11-13H2,1-2H3. The molecule has 1 saturated heterocycles. The summed E-state index contributed by atoms with van der Waals surface area (Å²) in [6.45, 7) is 5.59. The van der Waals surface area contributed by atoms with Gasteiger partial charge in [0.2, 0.25) is 0 Å². The van der Waals surface area contributed by atoms with Crippen molar-refractivity contribution in [2.75, 3.05) is 19.6 Å². The number of aliphatic hydroxyl groups excluding tert-OH is 1. The van der Waals surface area contributed by atoms with Gasteiger partial charge >= 0.3 is 0 Å². The van der Waals surface area contributed by atoms with Crippen molar-refractivity contribution in [2.24, 2.45) is 0 Å². The van der Waals surface area contributed by atoms with Crippen molar-refractivity contribution in [3.8, 4) is 5.75 Å². The van der Waals surface area contributed by atoms with Crippen molar-refractivity contribution >= 4 is 5.78 Å². The Morgan fingerprint density at radius 1 is 1.32 bits per heavy atom. The quantitative estimate of drug-likeness (QED) is 0.564. The first-order valence-electron chi connectivity index (χ1n) is 9.69. The Kier molecular flexibility index (Phi) is 6.44. The molecule has 0 spiro atoms. The fraction of sp³-hybridized carbons (Fsp3) is 0.455. The molecule has 2 heterocycles. The van der Waals surface area contributed by atoms with E-state index in [0.29, 0.717) is 37.1 Å². The number of aromatic nitrogens is 1. The lowest BCUT2D eigenvalue weighted by atomic mass is 9.85. The molecule has 0 aliphatic carbocycles. The molecular weight excluding hydrogens is 356 g/mol. The van der Waals surface area contributed by atoms with Crippen LogP contribution in [0.5, 0.6) is 5.75 Å². The van der Waals surface area contributed by atoms with E-state index in [2.05, 4.69) is 9.88 Å². The molecular formula is C22H28N2O4. The van der Waals surface area contributed by atoms with Crippen LogP contribution < -0.4 is 4.74 Å². The maximum absolute atomic E-state index is 11.5. The number of likely N-dealkylation sites (tertiary alicyclic amines) is 1. The number of nitrogens with zero attached hydrogens (tertiary/aromatic N) is 2. The Hall–Kier alpha value is -2.28. The van der Waals surface area contributed by atoms with Gasteiger partial charge in [0, 0.05) is 49.6 Å². The number of ether oxygens (including phenoxy) is 1. The van der Waals surface area contributed by atoms with Crippen LogP contribution in [0, 0.1) is 6.92 Å². The van der Waals surface area contributed by atoms with Crippen molar-refractivity contribution in [1.29, 1.82) is 0 Å². The SMILES string of the molecule is CC(=O)c1ccc(OC(O)CCN2CCC(O)(c3cccnc3)CC2)cc1C. The predicted octanol–water partition coefficient (Wildman–Crippen LogP) is 2.66. The molecule has 2 N–H and O–H groups in total. The second-order valence-corrected chi connectivity index (χ2v) is 7.51. The molecule has 28 heavy (non-hydrogen) atoms. The van der Waals surface area contributed by atoms with Crippen molar-refractivity contribution in [1.82, 2.24) is 9.88 Å². The molecule has 0 radical (unpaired) electrons. The molecule has 1 aliphatic heterocycles. The zero-order chi connectivity index (χ0) is 20.1. The lowest BCUT2D eigenvalue weighted by Gasteiger charge is -2.38. The summed E-state index contributed by atoms with van der Waals surface area (Å²) < 4.78 is 5.59. The van der Waals surface area contributed by atoms with E-state index < -0.39 is 11.9 Å². The highest BCUT2D eigenvalue weighted by molar-refractivity contribution is 5.95. The van der Waals surface area contributed by atoms with E-state index in [1.54, 1.807) is 30.6 Å².